The van der Waals surface area contributed by atoms with E-state index in [4.69, 9.17) is 15.9 Å². The summed E-state index contributed by atoms with van der Waals surface area (Å²) in [5.74, 6) is -1.76. The standard InChI is InChI=1S/C8H8FN3O3/c1-15-5-3-2-4(9)6(8(10)11)7(5)12(13)14/h2-3H,1H3,(H3,10,11). The zero-order chi connectivity index (χ0) is 11.6. The highest BCUT2D eigenvalue weighted by Gasteiger charge is 2.26. The number of rotatable bonds is 3. The van der Waals surface area contributed by atoms with Gasteiger partial charge in [0.15, 0.2) is 5.75 Å². The van der Waals surface area contributed by atoms with E-state index in [0.29, 0.717) is 0 Å². The normalized spacial score (nSPS) is 9.73. The first-order chi connectivity index (χ1) is 6.99. The Kier molecular flexibility index (Phi) is 2.84. The fourth-order valence-electron chi connectivity index (χ4n) is 1.15. The molecule has 0 heterocycles. The van der Waals surface area contributed by atoms with Crippen molar-refractivity contribution in [2.45, 2.75) is 0 Å². The molecule has 0 aromatic heterocycles. The van der Waals surface area contributed by atoms with Crippen molar-refractivity contribution in [1.82, 2.24) is 0 Å². The van der Waals surface area contributed by atoms with Crippen LogP contribution in [-0.2, 0) is 0 Å². The minimum atomic E-state index is -0.921. The predicted octanol–water partition coefficient (Wildman–Crippen LogP) is 1.03. The van der Waals surface area contributed by atoms with Gasteiger partial charge in [0.2, 0.25) is 0 Å². The van der Waals surface area contributed by atoms with Gasteiger partial charge in [-0.15, -0.1) is 0 Å². The number of methoxy groups -OCH3 is 1. The van der Waals surface area contributed by atoms with Gasteiger partial charge in [0, 0.05) is 0 Å². The number of halogens is 1. The van der Waals surface area contributed by atoms with E-state index >= 15 is 0 Å². The number of nitrogens with two attached hydrogens (primary N) is 1. The van der Waals surface area contributed by atoms with Gasteiger partial charge in [-0.05, 0) is 12.1 Å². The number of ether oxygens (including phenoxy) is 1. The summed E-state index contributed by atoms with van der Waals surface area (Å²) in [4.78, 5) is 9.83. The quantitative estimate of drug-likeness (QED) is 0.338. The molecule has 0 atom stereocenters. The Morgan fingerprint density at radius 2 is 2.27 bits per heavy atom. The van der Waals surface area contributed by atoms with Gasteiger partial charge in [-0.25, -0.2) is 4.39 Å². The largest absolute Gasteiger partial charge is 0.490 e. The van der Waals surface area contributed by atoms with Crippen molar-refractivity contribution in [3.8, 4) is 5.75 Å². The van der Waals surface area contributed by atoms with E-state index in [-0.39, 0.29) is 5.75 Å². The number of nitrogen functional groups attached to an aromatic ring is 1. The summed E-state index contributed by atoms with van der Waals surface area (Å²) in [6.45, 7) is 0. The third-order valence-electron chi connectivity index (χ3n) is 1.76. The van der Waals surface area contributed by atoms with Crippen molar-refractivity contribution in [2.24, 2.45) is 5.73 Å². The van der Waals surface area contributed by atoms with Gasteiger partial charge in [-0.1, -0.05) is 0 Å². The third kappa shape index (κ3) is 1.85. The topological polar surface area (TPSA) is 102 Å². The lowest BCUT2D eigenvalue weighted by atomic mass is 10.1. The van der Waals surface area contributed by atoms with Crippen molar-refractivity contribution in [3.05, 3.63) is 33.6 Å². The monoisotopic (exact) mass is 213 g/mol. The molecule has 0 saturated carbocycles. The summed E-state index contributed by atoms with van der Waals surface area (Å²) in [7, 11) is 1.21. The Bertz CT molecular complexity index is 433. The first-order valence-corrected chi connectivity index (χ1v) is 3.84. The number of nitrogens with zero attached hydrogens (tertiary/aromatic N) is 1. The van der Waals surface area contributed by atoms with Crippen molar-refractivity contribution in [3.63, 3.8) is 0 Å². The fraction of sp³-hybridized carbons (Fsp3) is 0.125. The minimum Gasteiger partial charge on any atom is -0.490 e. The van der Waals surface area contributed by atoms with Crippen LogP contribution in [0.1, 0.15) is 5.56 Å². The van der Waals surface area contributed by atoms with Crippen LogP contribution in [0.15, 0.2) is 12.1 Å². The highest BCUT2D eigenvalue weighted by atomic mass is 19.1. The molecule has 3 N–H and O–H groups in total. The molecular weight excluding hydrogens is 205 g/mol. The van der Waals surface area contributed by atoms with Crippen LogP contribution in [0.5, 0.6) is 5.75 Å². The van der Waals surface area contributed by atoms with Crippen molar-refractivity contribution in [1.29, 1.82) is 5.41 Å². The molecule has 7 heteroatoms. The molecule has 0 radical (unpaired) electrons. The maximum absolute atomic E-state index is 13.2. The van der Waals surface area contributed by atoms with Crippen molar-refractivity contribution < 1.29 is 14.1 Å². The molecule has 1 rings (SSSR count). The molecule has 0 spiro atoms. The van der Waals surface area contributed by atoms with E-state index in [1.54, 1.807) is 0 Å². The lowest BCUT2D eigenvalue weighted by Crippen LogP contribution is -2.16. The van der Waals surface area contributed by atoms with E-state index in [0.717, 1.165) is 12.1 Å². The minimum absolute atomic E-state index is 0.133. The van der Waals surface area contributed by atoms with Crippen LogP contribution in [-0.4, -0.2) is 17.9 Å². The Labute approximate surface area is 84.1 Å². The number of amidine groups is 1. The summed E-state index contributed by atoms with van der Waals surface area (Å²) in [5, 5.41) is 17.7. The first kappa shape index (κ1) is 10.9. The van der Waals surface area contributed by atoms with Crippen LogP contribution in [0.3, 0.4) is 0 Å². The molecule has 0 saturated heterocycles. The molecule has 80 valence electrons. The van der Waals surface area contributed by atoms with E-state index in [9.17, 15) is 14.5 Å². The summed E-state index contributed by atoms with van der Waals surface area (Å²) < 4.78 is 17.9. The van der Waals surface area contributed by atoms with E-state index in [2.05, 4.69) is 0 Å². The summed E-state index contributed by atoms with van der Waals surface area (Å²) >= 11 is 0. The molecule has 0 aliphatic heterocycles. The van der Waals surface area contributed by atoms with Gasteiger partial charge in [-0.2, -0.15) is 0 Å². The number of benzene rings is 1. The van der Waals surface area contributed by atoms with Crippen molar-refractivity contribution >= 4 is 11.5 Å². The van der Waals surface area contributed by atoms with Gasteiger partial charge in [0.1, 0.15) is 17.2 Å². The second kappa shape index (κ2) is 3.91. The summed E-state index contributed by atoms with van der Waals surface area (Å²) in [6.07, 6.45) is 0. The van der Waals surface area contributed by atoms with Crippen LogP contribution in [0.25, 0.3) is 0 Å². The molecular formula is C8H8FN3O3. The average molecular weight is 213 g/mol. The number of nitro benzene ring substituents is 1. The molecule has 0 amide bonds. The first-order valence-electron chi connectivity index (χ1n) is 3.84. The van der Waals surface area contributed by atoms with Crippen LogP contribution in [0, 0.1) is 21.3 Å². The molecule has 15 heavy (non-hydrogen) atoms. The van der Waals surface area contributed by atoms with Crippen LogP contribution in [0.2, 0.25) is 0 Å². The molecule has 1 aromatic rings. The van der Waals surface area contributed by atoms with Crippen LogP contribution in [0.4, 0.5) is 10.1 Å². The molecule has 0 aliphatic rings. The number of nitro groups is 1. The molecule has 0 unspecified atom stereocenters. The zero-order valence-corrected chi connectivity index (χ0v) is 7.78. The highest BCUT2D eigenvalue weighted by Crippen LogP contribution is 2.31. The second-order valence-corrected chi connectivity index (χ2v) is 2.64. The van der Waals surface area contributed by atoms with Gasteiger partial charge in [-0.3, -0.25) is 15.5 Å². The van der Waals surface area contributed by atoms with E-state index in [1.807, 2.05) is 0 Å². The van der Waals surface area contributed by atoms with Gasteiger partial charge < -0.3 is 10.5 Å². The average Bonchev–Trinajstić information content (AvgIpc) is 2.16. The van der Waals surface area contributed by atoms with E-state index < -0.39 is 27.8 Å². The Morgan fingerprint density at radius 1 is 1.67 bits per heavy atom. The van der Waals surface area contributed by atoms with Gasteiger partial charge in [0.25, 0.3) is 0 Å². The van der Waals surface area contributed by atoms with E-state index in [1.165, 1.54) is 7.11 Å². The summed E-state index contributed by atoms with van der Waals surface area (Å²) in [6, 6.07) is 2.07. The number of hydrogen-bond donors (Lipinski definition) is 2. The highest BCUT2D eigenvalue weighted by molar-refractivity contribution is 6.00. The molecule has 0 aliphatic carbocycles. The van der Waals surface area contributed by atoms with Gasteiger partial charge in [0.05, 0.1) is 12.0 Å². The maximum Gasteiger partial charge on any atom is 0.324 e. The maximum atomic E-state index is 13.2. The smallest absolute Gasteiger partial charge is 0.324 e. The van der Waals surface area contributed by atoms with Crippen LogP contribution >= 0.6 is 0 Å². The second-order valence-electron chi connectivity index (χ2n) is 2.64. The number of hydrogen-bond acceptors (Lipinski definition) is 4. The number of nitrogens with one attached hydrogen (secondary N) is 1. The predicted molar refractivity (Wildman–Crippen MR) is 50.6 cm³/mol. The molecule has 0 bridgehead atoms. The van der Waals surface area contributed by atoms with Crippen LogP contribution < -0.4 is 10.5 Å². The van der Waals surface area contributed by atoms with Crippen molar-refractivity contribution in [2.75, 3.05) is 7.11 Å². The molecule has 0 fully saturated rings. The Morgan fingerprint density at radius 3 is 2.67 bits per heavy atom. The van der Waals surface area contributed by atoms with Gasteiger partial charge >= 0.3 is 5.69 Å². The SMILES string of the molecule is COc1ccc(F)c(C(=N)N)c1[N+](=O)[O-]. The lowest BCUT2D eigenvalue weighted by Gasteiger charge is -2.06. The zero-order valence-electron chi connectivity index (χ0n) is 7.78. The Hall–Kier alpha value is -2.18. The molecule has 6 nitrogen and oxygen atoms in total. The lowest BCUT2D eigenvalue weighted by molar-refractivity contribution is -0.386. The Balaban J connectivity index is 3.58. The summed E-state index contributed by atoms with van der Waals surface area (Å²) in [5.41, 5.74) is 3.87. The molecule has 1 aromatic carbocycles. The fourth-order valence-corrected chi connectivity index (χ4v) is 1.15. The third-order valence-corrected chi connectivity index (χ3v) is 1.76.